The van der Waals surface area contributed by atoms with Gasteiger partial charge in [0.25, 0.3) is 10.0 Å². The zero-order valence-corrected chi connectivity index (χ0v) is 12.7. The molecule has 2 aromatic carbocycles. The summed E-state index contributed by atoms with van der Waals surface area (Å²) in [5, 5.41) is 3.01. The molecule has 0 fully saturated rings. The highest BCUT2D eigenvalue weighted by Gasteiger charge is 2.18. The summed E-state index contributed by atoms with van der Waals surface area (Å²) in [6, 6.07) is 10.7. The van der Waals surface area contributed by atoms with Gasteiger partial charge in [-0.25, -0.2) is 12.8 Å². The summed E-state index contributed by atoms with van der Waals surface area (Å²) in [7, 11) is -3.73. The van der Waals surface area contributed by atoms with Gasteiger partial charge in [-0.05, 0) is 49.7 Å². The van der Waals surface area contributed by atoms with E-state index in [9.17, 15) is 12.8 Å². The Morgan fingerprint density at radius 2 is 1.86 bits per heavy atom. The van der Waals surface area contributed by atoms with Crippen molar-refractivity contribution in [3.63, 3.8) is 0 Å². The second-order valence-corrected chi connectivity index (χ2v) is 6.25. The van der Waals surface area contributed by atoms with E-state index in [2.05, 4.69) is 10.0 Å². The number of hydrogen-bond donors (Lipinski definition) is 2. The van der Waals surface area contributed by atoms with Crippen molar-refractivity contribution in [1.29, 1.82) is 0 Å². The summed E-state index contributed by atoms with van der Waals surface area (Å²) in [6.07, 6.45) is 0. The average molecular weight is 308 g/mol. The number of halogens is 1. The van der Waals surface area contributed by atoms with Gasteiger partial charge in [-0.15, -0.1) is 0 Å². The SMILES string of the molecule is CCNc1ccccc1S(=O)(=O)Nc1ccc(F)c(C)c1. The summed E-state index contributed by atoms with van der Waals surface area (Å²) in [6.45, 7) is 4.09. The van der Waals surface area contributed by atoms with Crippen molar-refractivity contribution in [3.05, 3.63) is 53.8 Å². The Morgan fingerprint density at radius 3 is 2.52 bits per heavy atom. The van der Waals surface area contributed by atoms with E-state index < -0.39 is 10.0 Å². The lowest BCUT2D eigenvalue weighted by molar-refractivity contribution is 0.601. The van der Waals surface area contributed by atoms with Gasteiger partial charge in [-0.1, -0.05) is 12.1 Å². The standard InChI is InChI=1S/C15H17FN2O2S/c1-3-17-14-6-4-5-7-15(14)21(19,20)18-12-8-9-13(16)11(2)10-12/h4-10,17-18H,3H2,1-2H3. The predicted octanol–water partition coefficient (Wildman–Crippen LogP) is 3.37. The maximum atomic E-state index is 13.2. The zero-order chi connectivity index (χ0) is 15.5. The van der Waals surface area contributed by atoms with Crippen molar-refractivity contribution < 1.29 is 12.8 Å². The molecule has 2 rings (SSSR count). The van der Waals surface area contributed by atoms with Crippen LogP contribution in [0.3, 0.4) is 0 Å². The Morgan fingerprint density at radius 1 is 1.14 bits per heavy atom. The van der Waals surface area contributed by atoms with E-state index in [1.807, 2.05) is 6.92 Å². The zero-order valence-electron chi connectivity index (χ0n) is 11.9. The fraction of sp³-hybridized carbons (Fsp3) is 0.200. The van der Waals surface area contributed by atoms with E-state index in [0.29, 0.717) is 23.5 Å². The van der Waals surface area contributed by atoms with Gasteiger partial charge in [0, 0.05) is 12.2 Å². The Labute approximate surface area is 124 Å². The van der Waals surface area contributed by atoms with Crippen molar-refractivity contribution in [2.75, 3.05) is 16.6 Å². The quantitative estimate of drug-likeness (QED) is 0.890. The fourth-order valence-electron chi connectivity index (χ4n) is 1.96. The maximum Gasteiger partial charge on any atom is 0.263 e. The highest BCUT2D eigenvalue weighted by atomic mass is 32.2. The molecule has 0 spiro atoms. The molecule has 0 heterocycles. The number of nitrogens with one attached hydrogen (secondary N) is 2. The van der Waals surface area contributed by atoms with Crippen LogP contribution in [0, 0.1) is 12.7 Å². The molecule has 2 N–H and O–H groups in total. The van der Waals surface area contributed by atoms with E-state index in [1.165, 1.54) is 24.3 Å². The number of aryl methyl sites for hydroxylation is 1. The molecule has 0 radical (unpaired) electrons. The first-order valence-electron chi connectivity index (χ1n) is 6.56. The normalized spacial score (nSPS) is 11.2. The number of hydrogen-bond acceptors (Lipinski definition) is 3. The molecular formula is C15H17FN2O2S. The first kappa shape index (κ1) is 15.3. The summed E-state index contributed by atoms with van der Waals surface area (Å²) < 4.78 is 40.6. The summed E-state index contributed by atoms with van der Waals surface area (Å²) in [4.78, 5) is 0.161. The number of sulfonamides is 1. The molecule has 0 unspecified atom stereocenters. The molecule has 21 heavy (non-hydrogen) atoms. The van der Waals surface area contributed by atoms with E-state index >= 15 is 0 Å². The molecule has 0 bridgehead atoms. The van der Waals surface area contributed by atoms with E-state index in [4.69, 9.17) is 0 Å². The topological polar surface area (TPSA) is 58.2 Å². The summed E-state index contributed by atoms with van der Waals surface area (Å²) in [5.74, 6) is -0.369. The molecule has 0 aromatic heterocycles. The van der Waals surface area contributed by atoms with E-state index in [1.54, 1.807) is 25.1 Å². The van der Waals surface area contributed by atoms with Crippen LogP contribution in [0.5, 0.6) is 0 Å². The van der Waals surface area contributed by atoms with Crippen LogP contribution in [0.4, 0.5) is 15.8 Å². The van der Waals surface area contributed by atoms with Crippen molar-refractivity contribution in [2.24, 2.45) is 0 Å². The highest BCUT2D eigenvalue weighted by molar-refractivity contribution is 7.92. The first-order valence-corrected chi connectivity index (χ1v) is 8.04. The van der Waals surface area contributed by atoms with Gasteiger partial charge in [0.1, 0.15) is 10.7 Å². The van der Waals surface area contributed by atoms with E-state index in [0.717, 1.165) is 0 Å². The third kappa shape index (κ3) is 3.52. The van der Waals surface area contributed by atoms with Crippen LogP contribution in [-0.2, 0) is 10.0 Å². The molecule has 112 valence electrons. The highest BCUT2D eigenvalue weighted by Crippen LogP contribution is 2.24. The van der Waals surface area contributed by atoms with Crippen molar-refractivity contribution in [2.45, 2.75) is 18.7 Å². The molecule has 6 heteroatoms. The first-order chi connectivity index (χ1) is 9.94. The van der Waals surface area contributed by atoms with Crippen molar-refractivity contribution >= 4 is 21.4 Å². The molecule has 0 atom stereocenters. The lowest BCUT2D eigenvalue weighted by Gasteiger charge is -2.13. The minimum Gasteiger partial charge on any atom is -0.384 e. The second kappa shape index (κ2) is 6.13. The summed E-state index contributed by atoms with van der Waals surface area (Å²) in [5.41, 5.74) is 1.25. The lowest BCUT2D eigenvalue weighted by Crippen LogP contribution is -2.15. The smallest absolute Gasteiger partial charge is 0.263 e. The third-order valence-corrected chi connectivity index (χ3v) is 4.39. The number of rotatable bonds is 5. The molecule has 0 aliphatic rings. The summed E-state index contributed by atoms with van der Waals surface area (Å²) >= 11 is 0. The fourth-order valence-corrected chi connectivity index (χ4v) is 3.19. The van der Waals surface area contributed by atoms with E-state index in [-0.39, 0.29) is 10.7 Å². The van der Waals surface area contributed by atoms with Gasteiger partial charge in [-0.3, -0.25) is 4.72 Å². The molecule has 2 aromatic rings. The van der Waals surface area contributed by atoms with Crippen LogP contribution in [0.15, 0.2) is 47.4 Å². The van der Waals surface area contributed by atoms with Gasteiger partial charge in [0.15, 0.2) is 0 Å². The largest absolute Gasteiger partial charge is 0.384 e. The predicted molar refractivity (Wildman–Crippen MR) is 82.6 cm³/mol. The second-order valence-electron chi connectivity index (χ2n) is 4.60. The molecule has 0 saturated heterocycles. The number of para-hydroxylation sites is 1. The van der Waals surface area contributed by atoms with Gasteiger partial charge >= 0.3 is 0 Å². The van der Waals surface area contributed by atoms with Crippen LogP contribution >= 0.6 is 0 Å². The molecular weight excluding hydrogens is 291 g/mol. The monoisotopic (exact) mass is 308 g/mol. The average Bonchev–Trinajstić information content (AvgIpc) is 2.43. The minimum absolute atomic E-state index is 0.161. The molecule has 4 nitrogen and oxygen atoms in total. The Hall–Kier alpha value is -2.08. The van der Waals surface area contributed by atoms with Gasteiger partial charge in [0.05, 0.1) is 5.69 Å². The van der Waals surface area contributed by atoms with Gasteiger partial charge in [0.2, 0.25) is 0 Å². The third-order valence-electron chi connectivity index (χ3n) is 2.95. The van der Waals surface area contributed by atoms with Gasteiger partial charge < -0.3 is 5.32 Å². The number of benzene rings is 2. The lowest BCUT2D eigenvalue weighted by atomic mass is 10.2. The van der Waals surface area contributed by atoms with Crippen LogP contribution in [0.25, 0.3) is 0 Å². The Balaban J connectivity index is 2.36. The van der Waals surface area contributed by atoms with Crippen LogP contribution in [0.2, 0.25) is 0 Å². The van der Waals surface area contributed by atoms with Crippen molar-refractivity contribution in [1.82, 2.24) is 0 Å². The molecule has 0 aliphatic carbocycles. The minimum atomic E-state index is -3.73. The molecule has 0 saturated carbocycles. The maximum absolute atomic E-state index is 13.2. The Bertz CT molecular complexity index is 745. The molecule has 0 amide bonds. The van der Waals surface area contributed by atoms with Crippen LogP contribution in [0.1, 0.15) is 12.5 Å². The number of anilines is 2. The van der Waals surface area contributed by atoms with Gasteiger partial charge in [-0.2, -0.15) is 0 Å². The van der Waals surface area contributed by atoms with Crippen molar-refractivity contribution in [3.8, 4) is 0 Å². The Kier molecular flexibility index (Phi) is 4.47. The van der Waals surface area contributed by atoms with Crippen LogP contribution in [-0.4, -0.2) is 15.0 Å². The molecule has 0 aliphatic heterocycles. The van der Waals surface area contributed by atoms with Crippen LogP contribution < -0.4 is 10.0 Å².